The summed E-state index contributed by atoms with van der Waals surface area (Å²) in [5.41, 5.74) is 4.48. The first-order chi connectivity index (χ1) is 15.0. The second kappa shape index (κ2) is 13.2. The second-order valence-electron chi connectivity index (χ2n) is 8.07. The molecule has 0 saturated heterocycles. The molecular weight excluding hydrogens is 392 g/mol. The van der Waals surface area contributed by atoms with E-state index in [0.29, 0.717) is 42.8 Å². The van der Waals surface area contributed by atoms with E-state index >= 15 is 0 Å². The van der Waals surface area contributed by atoms with Crippen LogP contribution in [0.15, 0.2) is 29.1 Å². The maximum Gasteiger partial charge on any atom is 0.261 e. The van der Waals surface area contributed by atoms with Crippen molar-refractivity contribution in [3.8, 4) is 0 Å². The predicted molar refractivity (Wildman–Crippen MR) is 124 cm³/mol. The number of carbonyl (C=O) groups excluding carboxylic acids is 1. The monoisotopic (exact) mass is 431 g/mol. The number of fused-ring (bicyclic) bond motifs is 1. The van der Waals surface area contributed by atoms with Crippen molar-refractivity contribution in [3.63, 3.8) is 0 Å². The quantitative estimate of drug-likeness (QED) is 0.466. The van der Waals surface area contributed by atoms with Crippen LogP contribution in [0.5, 0.6) is 0 Å². The van der Waals surface area contributed by atoms with Crippen LogP contribution in [0.3, 0.4) is 0 Å². The van der Waals surface area contributed by atoms with Crippen molar-refractivity contribution in [3.05, 3.63) is 40.4 Å². The third kappa shape index (κ3) is 6.87. The van der Waals surface area contributed by atoms with Crippen molar-refractivity contribution >= 4 is 16.8 Å². The van der Waals surface area contributed by atoms with Crippen LogP contribution < -0.4 is 11.3 Å². The lowest BCUT2D eigenvalue weighted by Crippen LogP contribution is -2.50. The molecule has 0 saturated carbocycles. The van der Waals surface area contributed by atoms with Crippen LogP contribution in [0, 0.1) is 0 Å². The zero-order valence-corrected chi connectivity index (χ0v) is 19.4. The molecule has 1 aromatic carbocycles. The number of benzene rings is 1. The third-order valence-corrected chi connectivity index (χ3v) is 5.71. The van der Waals surface area contributed by atoms with E-state index in [-0.39, 0.29) is 17.5 Å². The number of nitrogens with zero attached hydrogens (tertiary/aromatic N) is 3. The summed E-state index contributed by atoms with van der Waals surface area (Å²) in [4.78, 5) is 33.1. The number of para-hydroxylation sites is 1. The summed E-state index contributed by atoms with van der Waals surface area (Å²) in [6.07, 6.45) is 6.62. The minimum absolute atomic E-state index is 0.0825. The average Bonchev–Trinajstić information content (AvgIpc) is 2.78. The molecule has 172 valence electrons. The van der Waals surface area contributed by atoms with Crippen LogP contribution in [-0.4, -0.2) is 47.2 Å². The normalized spacial score (nSPS) is 12.3. The molecule has 2 rings (SSSR count). The van der Waals surface area contributed by atoms with Gasteiger partial charge in [-0.1, -0.05) is 31.9 Å². The van der Waals surface area contributed by atoms with E-state index in [0.717, 1.165) is 45.1 Å². The van der Waals surface area contributed by atoms with Gasteiger partial charge in [-0.2, -0.15) is 0 Å². The highest BCUT2D eigenvalue weighted by Gasteiger charge is 2.25. The fourth-order valence-electron chi connectivity index (χ4n) is 3.86. The Kier molecular flexibility index (Phi) is 10.7. The Balaban J connectivity index is 2.39. The number of ether oxygens (including phenoxy) is 1. The average molecular weight is 432 g/mol. The van der Waals surface area contributed by atoms with Crippen molar-refractivity contribution < 1.29 is 15.3 Å². The first kappa shape index (κ1) is 25.0. The molecule has 0 spiro atoms. The van der Waals surface area contributed by atoms with Gasteiger partial charge in [-0.3, -0.25) is 14.2 Å². The Labute approximate surface area is 185 Å². The van der Waals surface area contributed by atoms with Gasteiger partial charge in [0.25, 0.3) is 5.56 Å². The third-order valence-electron chi connectivity index (χ3n) is 5.71. The van der Waals surface area contributed by atoms with Crippen molar-refractivity contribution in [2.75, 3.05) is 26.8 Å². The van der Waals surface area contributed by atoms with Crippen LogP contribution in [0.2, 0.25) is 0 Å². The molecule has 1 aromatic heterocycles. The molecule has 1 amide bonds. The van der Waals surface area contributed by atoms with E-state index in [1.165, 1.54) is 0 Å². The molecule has 0 aliphatic carbocycles. The minimum atomic E-state index is -0.286. The number of hydrogen-bond donors (Lipinski definition) is 1. The van der Waals surface area contributed by atoms with Gasteiger partial charge in [-0.25, -0.2) is 4.98 Å². The number of unbranched alkanes of at least 4 members (excludes halogenated alkanes) is 4. The van der Waals surface area contributed by atoms with Gasteiger partial charge in [0.15, 0.2) is 0 Å². The minimum Gasteiger partial charge on any atom is -0.383 e. The Morgan fingerprint density at radius 3 is 2.65 bits per heavy atom. The lowest BCUT2D eigenvalue weighted by atomic mass is 10.1. The van der Waals surface area contributed by atoms with Crippen LogP contribution in [0.1, 0.15) is 70.7 Å². The van der Waals surface area contributed by atoms with Gasteiger partial charge in [0.1, 0.15) is 5.82 Å². The first-order valence-corrected chi connectivity index (χ1v) is 11.6. The smallest absolute Gasteiger partial charge is 0.261 e. The fraction of sp³-hybridized carbons (Fsp3) is 0.625. The van der Waals surface area contributed by atoms with E-state index in [1.54, 1.807) is 17.7 Å². The SMILES string of the molecule is CCCCC(=O)N(CCCCCC[NH3+])[C@H](C)c1nc2ccccc2c(=O)n1CCOC. The van der Waals surface area contributed by atoms with E-state index in [1.807, 2.05) is 30.0 Å². The van der Waals surface area contributed by atoms with E-state index < -0.39 is 0 Å². The summed E-state index contributed by atoms with van der Waals surface area (Å²) in [5, 5.41) is 0.589. The fourth-order valence-corrected chi connectivity index (χ4v) is 3.86. The maximum absolute atomic E-state index is 13.2. The van der Waals surface area contributed by atoms with Crippen molar-refractivity contribution in [1.82, 2.24) is 14.5 Å². The van der Waals surface area contributed by atoms with E-state index in [4.69, 9.17) is 9.72 Å². The van der Waals surface area contributed by atoms with Gasteiger partial charge in [0.2, 0.25) is 5.91 Å². The molecule has 0 radical (unpaired) electrons. The number of hydrogen-bond acceptors (Lipinski definition) is 4. The van der Waals surface area contributed by atoms with Crippen LogP contribution in [0.25, 0.3) is 10.9 Å². The Morgan fingerprint density at radius 1 is 1.19 bits per heavy atom. The van der Waals surface area contributed by atoms with Gasteiger partial charge in [0, 0.05) is 20.1 Å². The number of quaternary nitrogens is 1. The van der Waals surface area contributed by atoms with Crippen LogP contribution >= 0.6 is 0 Å². The van der Waals surface area contributed by atoms with Gasteiger partial charge >= 0.3 is 0 Å². The Hall–Kier alpha value is -2.25. The molecule has 1 heterocycles. The molecular formula is C24H39N4O3+. The number of amides is 1. The molecule has 31 heavy (non-hydrogen) atoms. The summed E-state index contributed by atoms with van der Waals surface area (Å²) >= 11 is 0. The molecule has 2 aromatic rings. The molecule has 1 atom stereocenters. The van der Waals surface area contributed by atoms with Gasteiger partial charge < -0.3 is 15.4 Å². The van der Waals surface area contributed by atoms with Crippen LogP contribution in [-0.2, 0) is 16.1 Å². The van der Waals surface area contributed by atoms with E-state index in [9.17, 15) is 9.59 Å². The Morgan fingerprint density at radius 2 is 1.94 bits per heavy atom. The molecule has 3 N–H and O–H groups in total. The molecule has 0 unspecified atom stereocenters. The highest BCUT2D eigenvalue weighted by molar-refractivity contribution is 5.78. The van der Waals surface area contributed by atoms with E-state index in [2.05, 4.69) is 12.7 Å². The Bertz CT molecular complexity index is 881. The standard InChI is InChI=1S/C24H38N4O3/c1-4-5-14-22(29)27(16-11-7-6-10-15-25)19(2)23-26-21-13-9-8-12-20(21)24(30)28(23)17-18-31-3/h8-9,12-13,19H,4-7,10-11,14-18,25H2,1-3H3/p+1/t19-/m1/s1. The first-order valence-electron chi connectivity index (χ1n) is 11.6. The molecule has 0 aliphatic rings. The molecule has 7 heteroatoms. The number of methoxy groups -OCH3 is 1. The summed E-state index contributed by atoms with van der Waals surface area (Å²) in [7, 11) is 1.62. The summed E-state index contributed by atoms with van der Waals surface area (Å²) < 4.78 is 6.92. The van der Waals surface area contributed by atoms with Crippen molar-refractivity contribution in [1.29, 1.82) is 0 Å². The highest BCUT2D eigenvalue weighted by atomic mass is 16.5. The molecule has 0 bridgehead atoms. The zero-order valence-electron chi connectivity index (χ0n) is 19.4. The topological polar surface area (TPSA) is 92.1 Å². The molecule has 0 fully saturated rings. The molecule has 0 aliphatic heterocycles. The van der Waals surface area contributed by atoms with Crippen LogP contribution in [0.4, 0.5) is 0 Å². The van der Waals surface area contributed by atoms with Gasteiger partial charge in [-0.05, 0) is 44.7 Å². The predicted octanol–water partition coefficient (Wildman–Crippen LogP) is 2.93. The van der Waals surface area contributed by atoms with Crippen molar-refractivity contribution in [2.45, 2.75) is 71.4 Å². The number of carbonyl (C=O) groups is 1. The lowest BCUT2D eigenvalue weighted by Gasteiger charge is -2.31. The number of rotatable bonds is 14. The molecule has 7 nitrogen and oxygen atoms in total. The second-order valence-corrected chi connectivity index (χ2v) is 8.07. The summed E-state index contributed by atoms with van der Waals surface area (Å²) in [6.45, 7) is 6.52. The largest absolute Gasteiger partial charge is 0.383 e. The summed E-state index contributed by atoms with van der Waals surface area (Å²) in [6, 6.07) is 7.10. The zero-order chi connectivity index (χ0) is 22.6. The lowest BCUT2D eigenvalue weighted by molar-refractivity contribution is -0.368. The number of aromatic nitrogens is 2. The maximum atomic E-state index is 13.2. The highest BCUT2D eigenvalue weighted by Crippen LogP contribution is 2.22. The summed E-state index contributed by atoms with van der Waals surface area (Å²) in [5.74, 6) is 0.760. The van der Waals surface area contributed by atoms with Gasteiger partial charge in [0.05, 0.1) is 36.6 Å². The van der Waals surface area contributed by atoms with Crippen molar-refractivity contribution in [2.24, 2.45) is 0 Å². The van der Waals surface area contributed by atoms with Gasteiger partial charge in [-0.15, -0.1) is 0 Å².